The van der Waals surface area contributed by atoms with E-state index in [-0.39, 0.29) is 10.7 Å². The zero-order valence-corrected chi connectivity index (χ0v) is 8.94. The molecular weight excluding hydrogens is 224 g/mol. The fourth-order valence-corrected chi connectivity index (χ4v) is 2.11. The van der Waals surface area contributed by atoms with Crippen LogP contribution >= 0.6 is 23.1 Å². The van der Waals surface area contributed by atoms with Crippen LogP contribution in [-0.4, -0.2) is 28.7 Å². The zero-order chi connectivity index (χ0) is 10.6. The lowest BCUT2D eigenvalue weighted by atomic mass is 10.2. The van der Waals surface area contributed by atoms with Gasteiger partial charge in [-0.3, -0.25) is 0 Å². The average Bonchev–Trinajstić information content (AvgIpc) is 2.48. The van der Waals surface area contributed by atoms with E-state index in [0.717, 1.165) is 22.8 Å². The van der Waals surface area contributed by atoms with Crippen LogP contribution in [-0.2, 0) is 6.42 Å². The van der Waals surface area contributed by atoms with Crippen molar-refractivity contribution >= 4 is 35.8 Å². The molecule has 1 aromatic rings. The Kier molecular flexibility index (Phi) is 4.03. The lowest BCUT2D eigenvalue weighted by molar-refractivity contribution is 0.0692. The van der Waals surface area contributed by atoms with E-state index in [1.807, 2.05) is 0 Å². The van der Waals surface area contributed by atoms with Crippen LogP contribution in [0.15, 0.2) is 4.99 Å². The second kappa shape index (κ2) is 5.07. The molecule has 1 aromatic heterocycles. The van der Waals surface area contributed by atoms with Gasteiger partial charge in [0, 0.05) is 11.4 Å². The van der Waals surface area contributed by atoms with E-state index in [1.54, 1.807) is 0 Å². The van der Waals surface area contributed by atoms with E-state index < -0.39 is 5.97 Å². The second-order valence-electron chi connectivity index (χ2n) is 2.62. The molecule has 0 saturated carbocycles. The number of aromatic nitrogens is 1. The molecule has 0 radical (unpaired) electrons. The van der Waals surface area contributed by atoms with Crippen molar-refractivity contribution in [2.45, 2.75) is 12.8 Å². The summed E-state index contributed by atoms with van der Waals surface area (Å²) in [5, 5.41) is 8.94. The number of nitrogens with zero attached hydrogens (tertiary/aromatic N) is 2. The van der Waals surface area contributed by atoms with E-state index in [0.29, 0.717) is 13.0 Å². The van der Waals surface area contributed by atoms with Crippen molar-refractivity contribution in [1.82, 2.24) is 4.37 Å². The number of rotatable bonds is 5. The number of halogens is 1. The van der Waals surface area contributed by atoms with Crippen LogP contribution < -0.4 is 0 Å². The Morgan fingerprint density at radius 1 is 1.71 bits per heavy atom. The molecule has 0 saturated heterocycles. The predicted molar refractivity (Wildman–Crippen MR) is 56.8 cm³/mol. The molecule has 0 amide bonds. The van der Waals surface area contributed by atoms with Gasteiger partial charge in [0.2, 0.25) is 0 Å². The molecule has 0 fully saturated rings. The normalized spacial score (nSPS) is 10.1. The van der Waals surface area contributed by atoms with Crippen LogP contribution in [0.1, 0.15) is 21.8 Å². The number of aryl methyl sites for hydroxylation is 1. The molecule has 1 rings (SSSR count). The fourth-order valence-electron chi connectivity index (χ4n) is 0.953. The standard InChI is InChI=1S/C8H9ClN2O2S/c1-10-4-2-3-5-6(9)7(8(12)13)11-14-5/h1-4H2,(H,12,13). The predicted octanol–water partition coefficient (Wildman–Crippen LogP) is 2.13. The van der Waals surface area contributed by atoms with Crippen molar-refractivity contribution < 1.29 is 9.90 Å². The van der Waals surface area contributed by atoms with Gasteiger partial charge in [-0.05, 0) is 31.1 Å². The third-order valence-electron chi connectivity index (χ3n) is 1.62. The maximum absolute atomic E-state index is 10.6. The lowest BCUT2D eigenvalue weighted by Crippen LogP contribution is -1.96. The number of carboxylic acid groups (broad SMARTS) is 1. The molecule has 0 atom stereocenters. The Labute approximate surface area is 90.4 Å². The molecule has 0 unspecified atom stereocenters. The quantitative estimate of drug-likeness (QED) is 0.625. The Hall–Kier alpha value is -0.940. The zero-order valence-electron chi connectivity index (χ0n) is 7.36. The monoisotopic (exact) mass is 232 g/mol. The Bertz CT molecular complexity index is 351. The molecule has 1 heterocycles. The highest BCUT2D eigenvalue weighted by Gasteiger charge is 2.16. The molecule has 0 aliphatic carbocycles. The minimum Gasteiger partial charge on any atom is -0.476 e. The third-order valence-corrected chi connectivity index (χ3v) is 3.04. The molecule has 14 heavy (non-hydrogen) atoms. The van der Waals surface area contributed by atoms with Gasteiger partial charge >= 0.3 is 5.97 Å². The van der Waals surface area contributed by atoms with Crippen molar-refractivity contribution in [3.8, 4) is 0 Å². The van der Waals surface area contributed by atoms with Crippen molar-refractivity contribution in [3.05, 3.63) is 15.6 Å². The van der Waals surface area contributed by atoms with Crippen LogP contribution in [0.2, 0.25) is 5.02 Å². The summed E-state index contributed by atoms with van der Waals surface area (Å²) in [6.45, 7) is 4.01. The smallest absolute Gasteiger partial charge is 0.357 e. The molecule has 0 aliphatic rings. The van der Waals surface area contributed by atoms with E-state index >= 15 is 0 Å². The van der Waals surface area contributed by atoms with Crippen molar-refractivity contribution in [3.63, 3.8) is 0 Å². The molecule has 0 aliphatic heterocycles. The number of aliphatic imine (C=N–C) groups is 1. The Balaban J connectivity index is 2.69. The van der Waals surface area contributed by atoms with Crippen LogP contribution in [0.4, 0.5) is 0 Å². The molecule has 6 heteroatoms. The van der Waals surface area contributed by atoms with E-state index in [1.165, 1.54) is 0 Å². The number of carboxylic acids is 1. The average molecular weight is 233 g/mol. The van der Waals surface area contributed by atoms with Gasteiger partial charge in [-0.1, -0.05) is 11.6 Å². The SMILES string of the molecule is C=NCCCc1snc(C(=O)O)c1Cl. The summed E-state index contributed by atoms with van der Waals surface area (Å²) in [5.41, 5.74) is -0.0572. The van der Waals surface area contributed by atoms with Crippen LogP contribution in [0.25, 0.3) is 0 Å². The van der Waals surface area contributed by atoms with Gasteiger partial charge in [-0.25, -0.2) is 4.79 Å². The lowest BCUT2D eigenvalue weighted by Gasteiger charge is -1.94. The maximum Gasteiger partial charge on any atom is 0.357 e. The van der Waals surface area contributed by atoms with E-state index in [9.17, 15) is 4.79 Å². The van der Waals surface area contributed by atoms with E-state index in [2.05, 4.69) is 16.1 Å². The molecule has 76 valence electrons. The first kappa shape index (κ1) is 11.1. The first-order valence-electron chi connectivity index (χ1n) is 3.96. The summed E-state index contributed by atoms with van der Waals surface area (Å²) >= 11 is 6.95. The number of hydrogen-bond acceptors (Lipinski definition) is 4. The number of carbonyl (C=O) groups is 1. The summed E-state index contributed by atoms with van der Waals surface area (Å²) in [5.74, 6) is -1.08. The third kappa shape index (κ3) is 2.52. The Morgan fingerprint density at radius 2 is 2.43 bits per heavy atom. The van der Waals surface area contributed by atoms with Gasteiger partial charge in [0.25, 0.3) is 0 Å². The largest absolute Gasteiger partial charge is 0.476 e. The van der Waals surface area contributed by atoms with E-state index in [4.69, 9.17) is 16.7 Å². The molecule has 4 nitrogen and oxygen atoms in total. The van der Waals surface area contributed by atoms with Crippen molar-refractivity contribution in [2.75, 3.05) is 6.54 Å². The van der Waals surface area contributed by atoms with Gasteiger partial charge in [0.1, 0.15) is 0 Å². The second-order valence-corrected chi connectivity index (χ2v) is 3.86. The Morgan fingerprint density at radius 3 is 2.93 bits per heavy atom. The number of aromatic carboxylic acids is 1. The highest BCUT2D eigenvalue weighted by molar-refractivity contribution is 7.06. The van der Waals surface area contributed by atoms with Crippen LogP contribution in [0.3, 0.4) is 0 Å². The maximum atomic E-state index is 10.6. The highest BCUT2D eigenvalue weighted by Crippen LogP contribution is 2.25. The topological polar surface area (TPSA) is 62.5 Å². The minimum absolute atomic E-state index is 0.0572. The van der Waals surface area contributed by atoms with Crippen LogP contribution in [0, 0.1) is 0 Å². The fraction of sp³-hybridized carbons (Fsp3) is 0.375. The number of hydrogen-bond donors (Lipinski definition) is 1. The first-order chi connectivity index (χ1) is 6.66. The van der Waals surface area contributed by atoms with Gasteiger partial charge < -0.3 is 10.1 Å². The van der Waals surface area contributed by atoms with Crippen LogP contribution in [0.5, 0.6) is 0 Å². The first-order valence-corrected chi connectivity index (χ1v) is 5.11. The summed E-state index contributed by atoms with van der Waals surface area (Å²) < 4.78 is 3.76. The van der Waals surface area contributed by atoms with Crippen molar-refractivity contribution in [2.24, 2.45) is 4.99 Å². The minimum atomic E-state index is -1.08. The highest BCUT2D eigenvalue weighted by atomic mass is 35.5. The molecule has 0 aromatic carbocycles. The summed E-state index contributed by atoms with van der Waals surface area (Å²) in [4.78, 5) is 15.1. The molecule has 1 N–H and O–H groups in total. The van der Waals surface area contributed by atoms with Crippen molar-refractivity contribution in [1.29, 1.82) is 0 Å². The summed E-state index contributed by atoms with van der Waals surface area (Å²) in [6, 6.07) is 0. The van der Waals surface area contributed by atoms with Gasteiger partial charge in [0.15, 0.2) is 5.69 Å². The summed E-state index contributed by atoms with van der Waals surface area (Å²) in [7, 11) is 0. The summed E-state index contributed by atoms with van der Waals surface area (Å²) in [6.07, 6.45) is 1.51. The van der Waals surface area contributed by atoms with Gasteiger partial charge in [-0.2, -0.15) is 4.37 Å². The molecule has 0 spiro atoms. The molecular formula is C8H9ClN2O2S. The molecule has 0 bridgehead atoms. The van der Waals surface area contributed by atoms with Gasteiger partial charge in [-0.15, -0.1) is 0 Å². The van der Waals surface area contributed by atoms with Gasteiger partial charge in [0.05, 0.1) is 5.02 Å².